The van der Waals surface area contributed by atoms with E-state index >= 15 is 0 Å². The predicted molar refractivity (Wildman–Crippen MR) is 87.7 cm³/mol. The van der Waals surface area contributed by atoms with Crippen molar-refractivity contribution >= 4 is 11.7 Å². The molecule has 126 valence electrons. The van der Waals surface area contributed by atoms with Crippen molar-refractivity contribution in [1.82, 2.24) is 4.90 Å². The summed E-state index contributed by atoms with van der Waals surface area (Å²) in [7, 11) is 1.55. The van der Waals surface area contributed by atoms with Gasteiger partial charge < -0.3 is 14.7 Å². The average molecular weight is 319 g/mol. The van der Waals surface area contributed by atoms with Gasteiger partial charge in [-0.2, -0.15) is 0 Å². The Balaban J connectivity index is 2.22. The number of amides is 1. The zero-order valence-corrected chi connectivity index (χ0v) is 14.3. The fourth-order valence-corrected chi connectivity index (χ4v) is 3.20. The van der Waals surface area contributed by atoms with E-state index in [0.29, 0.717) is 23.4 Å². The van der Waals surface area contributed by atoms with Crippen LogP contribution >= 0.6 is 0 Å². The zero-order chi connectivity index (χ0) is 17.2. The number of carbonyl (C=O) groups excluding carboxylic acids is 2. The molecule has 0 spiro atoms. The molecule has 2 rings (SSSR count). The Bertz CT molecular complexity index is 604. The Hall–Kier alpha value is -1.88. The summed E-state index contributed by atoms with van der Waals surface area (Å²) in [6, 6.07) is 4.97. The van der Waals surface area contributed by atoms with E-state index in [1.54, 1.807) is 44.1 Å². The van der Waals surface area contributed by atoms with Crippen LogP contribution in [0.2, 0.25) is 0 Å². The number of likely N-dealkylation sites (tertiary alicyclic amines) is 1. The normalized spacial score (nSPS) is 18.1. The molecule has 1 aliphatic heterocycles. The van der Waals surface area contributed by atoms with Crippen molar-refractivity contribution in [1.29, 1.82) is 0 Å². The van der Waals surface area contributed by atoms with Crippen molar-refractivity contribution in [2.24, 2.45) is 0 Å². The van der Waals surface area contributed by atoms with Gasteiger partial charge in [-0.05, 0) is 51.8 Å². The van der Waals surface area contributed by atoms with Crippen LogP contribution in [0.1, 0.15) is 49.5 Å². The highest BCUT2D eigenvalue weighted by molar-refractivity contribution is 5.94. The van der Waals surface area contributed by atoms with Crippen molar-refractivity contribution in [3.05, 3.63) is 29.3 Å². The molecule has 1 unspecified atom stereocenters. The number of ether oxygens (including phenoxy) is 1. The van der Waals surface area contributed by atoms with Crippen LogP contribution < -0.4 is 4.74 Å². The Morgan fingerprint density at radius 2 is 2.09 bits per heavy atom. The summed E-state index contributed by atoms with van der Waals surface area (Å²) in [6.07, 6.45) is 1.86. The lowest BCUT2D eigenvalue weighted by atomic mass is 9.96. The topological polar surface area (TPSA) is 66.8 Å². The van der Waals surface area contributed by atoms with Gasteiger partial charge in [-0.15, -0.1) is 0 Å². The van der Waals surface area contributed by atoms with Crippen molar-refractivity contribution in [3.63, 3.8) is 0 Å². The quantitative estimate of drug-likeness (QED) is 0.845. The number of hydrogen-bond acceptors (Lipinski definition) is 4. The number of carbonyl (C=O) groups is 2. The van der Waals surface area contributed by atoms with Gasteiger partial charge >= 0.3 is 0 Å². The van der Waals surface area contributed by atoms with Gasteiger partial charge in [-0.3, -0.25) is 9.59 Å². The van der Waals surface area contributed by atoms with Crippen LogP contribution in [0.5, 0.6) is 5.75 Å². The van der Waals surface area contributed by atoms with Gasteiger partial charge in [0.2, 0.25) is 5.91 Å². The van der Waals surface area contributed by atoms with E-state index in [9.17, 15) is 14.7 Å². The number of aliphatic hydroxyl groups is 1. The summed E-state index contributed by atoms with van der Waals surface area (Å²) in [5, 5.41) is 10.3. The fraction of sp³-hybridized carbons (Fsp3) is 0.556. The summed E-state index contributed by atoms with van der Waals surface area (Å²) < 4.78 is 5.31. The highest BCUT2D eigenvalue weighted by Gasteiger charge is 2.38. The summed E-state index contributed by atoms with van der Waals surface area (Å²) in [5.74, 6) is 0.507. The second kappa shape index (κ2) is 6.71. The first-order chi connectivity index (χ1) is 10.7. The molecule has 0 aromatic heterocycles. The summed E-state index contributed by atoms with van der Waals surface area (Å²) in [6.45, 7) is 5.63. The molecule has 1 aromatic carbocycles. The van der Waals surface area contributed by atoms with Crippen LogP contribution in [-0.4, -0.2) is 47.0 Å². The maximum absolute atomic E-state index is 12.7. The number of hydrogen-bond donors (Lipinski definition) is 1. The first-order valence-electron chi connectivity index (χ1n) is 7.93. The molecule has 5 nitrogen and oxygen atoms in total. The molecule has 1 saturated heterocycles. The van der Waals surface area contributed by atoms with E-state index in [2.05, 4.69) is 0 Å². The molecule has 5 heteroatoms. The van der Waals surface area contributed by atoms with Crippen LogP contribution in [0, 0.1) is 0 Å². The molecule has 1 aromatic rings. The maximum Gasteiger partial charge on any atom is 0.227 e. The Kier molecular flexibility index (Phi) is 5.09. The molecule has 23 heavy (non-hydrogen) atoms. The Morgan fingerprint density at radius 3 is 2.65 bits per heavy atom. The number of Topliss-reactive ketones (excluding diaryl/α,β-unsaturated/α-hetero) is 1. The number of methoxy groups -OCH3 is 1. The molecule has 0 radical (unpaired) electrons. The van der Waals surface area contributed by atoms with E-state index in [-0.39, 0.29) is 24.2 Å². The molecular weight excluding hydrogens is 294 g/mol. The Labute approximate surface area is 137 Å². The highest BCUT2D eigenvalue weighted by Crippen LogP contribution is 2.28. The zero-order valence-electron chi connectivity index (χ0n) is 14.3. The summed E-state index contributed by atoms with van der Waals surface area (Å²) in [4.78, 5) is 26.0. The third-order valence-electron chi connectivity index (χ3n) is 4.42. The maximum atomic E-state index is 12.7. The molecule has 0 saturated carbocycles. The minimum atomic E-state index is -0.919. The van der Waals surface area contributed by atoms with Crippen molar-refractivity contribution in [3.8, 4) is 5.75 Å². The minimum Gasteiger partial charge on any atom is -0.496 e. The van der Waals surface area contributed by atoms with Crippen LogP contribution in [0.25, 0.3) is 0 Å². The Morgan fingerprint density at radius 1 is 1.39 bits per heavy atom. The van der Waals surface area contributed by atoms with Crippen LogP contribution in [0.4, 0.5) is 0 Å². The lowest BCUT2D eigenvalue weighted by Gasteiger charge is -2.34. The first kappa shape index (κ1) is 17.5. The van der Waals surface area contributed by atoms with Gasteiger partial charge in [0.15, 0.2) is 5.78 Å². The van der Waals surface area contributed by atoms with Crippen LogP contribution in [0.15, 0.2) is 18.2 Å². The van der Waals surface area contributed by atoms with Gasteiger partial charge in [-0.1, -0.05) is 0 Å². The lowest BCUT2D eigenvalue weighted by Crippen LogP contribution is -2.48. The van der Waals surface area contributed by atoms with Crippen molar-refractivity contribution in [2.45, 2.75) is 51.7 Å². The van der Waals surface area contributed by atoms with Crippen molar-refractivity contribution in [2.75, 3.05) is 13.7 Å². The summed E-state index contributed by atoms with van der Waals surface area (Å²) in [5.41, 5.74) is 0.345. The van der Waals surface area contributed by atoms with E-state index in [4.69, 9.17) is 4.74 Å². The number of nitrogens with zero attached hydrogens (tertiary/aromatic N) is 1. The van der Waals surface area contributed by atoms with Crippen LogP contribution in [0.3, 0.4) is 0 Å². The molecule has 1 heterocycles. The van der Waals surface area contributed by atoms with Gasteiger partial charge in [-0.25, -0.2) is 0 Å². The van der Waals surface area contributed by atoms with Gasteiger partial charge in [0.1, 0.15) is 5.75 Å². The number of benzene rings is 1. The van der Waals surface area contributed by atoms with E-state index in [1.165, 1.54) is 6.92 Å². The molecular formula is C18H25NO4. The van der Waals surface area contributed by atoms with Crippen LogP contribution in [-0.2, 0) is 11.2 Å². The molecule has 0 aliphatic carbocycles. The summed E-state index contributed by atoms with van der Waals surface area (Å²) >= 11 is 0. The molecule has 1 fully saturated rings. The fourth-order valence-electron chi connectivity index (χ4n) is 3.20. The SMILES string of the molecule is COc1ccc(C(C)=O)cc1CC(=O)N1CCCC1C(C)(C)O. The molecule has 0 bridgehead atoms. The smallest absolute Gasteiger partial charge is 0.227 e. The van der Waals surface area contributed by atoms with E-state index < -0.39 is 5.60 Å². The largest absolute Gasteiger partial charge is 0.496 e. The average Bonchev–Trinajstić information content (AvgIpc) is 2.96. The molecule has 1 amide bonds. The second-order valence-corrected chi connectivity index (χ2v) is 6.66. The second-order valence-electron chi connectivity index (χ2n) is 6.66. The first-order valence-corrected chi connectivity index (χ1v) is 7.93. The number of ketones is 1. The minimum absolute atomic E-state index is 0.0445. The monoisotopic (exact) mass is 319 g/mol. The van der Waals surface area contributed by atoms with E-state index in [1.807, 2.05) is 0 Å². The van der Waals surface area contributed by atoms with Gasteiger partial charge in [0, 0.05) is 17.7 Å². The molecule has 1 N–H and O–H groups in total. The third-order valence-corrected chi connectivity index (χ3v) is 4.42. The van der Waals surface area contributed by atoms with Crippen molar-refractivity contribution < 1.29 is 19.4 Å². The standard InChI is InChI=1S/C18H25NO4/c1-12(20)13-7-8-15(23-4)14(10-13)11-17(21)19-9-5-6-16(19)18(2,3)22/h7-8,10,16,22H,5-6,9,11H2,1-4H3. The van der Waals surface area contributed by atoms with Gasteiger partial charge in [0.25, 0.3) is 0 Å². The number of rotatable bonds is 5. The molecule has 1 aliphatic rings. The van der Waals surface area contributed by atoms with Gasteiger partial charge in [0.05, 0.1) is 25.2 Å². The molecule has 1 atom stereocenters. The lowest BCUT2D eigenvalue weighted by molar-refractivity contribution is -0.135. The predicted octanol–water partition coefficient (Wildman–Crippen LogP) is 2.20. The third kappa shape index (κ3) is 3.91. The highest BCUT2D eigenvalue weighted by atomic mass is 16.5. The van der Waals surface area contributed by atoms with E-state index in [0.717, 1.165) is 12.8 Å².